The van der Waals surface area contributed by atoms with Gasteiger partial charge in [0.2, 0.25) is 0 Å². The number of ether oxygens (including phenoxy) is 2. The first-order chi connectivity index (χ1) is 7.63. The van der Waals surface area contributed by atoms with Gasteiger partial charge in [-0.25, -0.2) is 9.59 Å². The molecule has 16 heavy (non-hydrogen) atoms. The normalized spacial score (nSPS) is 9.62. The quantitative estimate of drug-likeness (QED) is 0.302. The molecule has 0 spiro atoms. The largest absolute Gasteiger partial charge is 0.452 e. The van der Waals surface area contributed by atoms with Crippen LogP contribution in [0.3, 0.4) is 0 Å². The number of rotatable bonds is 4. The average Bonchev–Trinajstić information content (AvgIpc) is 2.25. The SMILES string of the molecule is C=CC(COC(=O)C#CC)OC(=O)C#CC. The Morgan fingerprint density at radius 2 is 1.81 bits per heavy atom. The van der Waals surface area contributed by atoms with E-state index in [1.807, 2.05) is 0 Å². The standard InChI is InChI=1S/C12H12O4/c1-4-7-11(13)15-9-10(6-3)16-12(14)8-5-2/h6,10H,3,9H2,1-2H3. The van der Waals surface area contributed by atoms with Gasteiger partial charge < -0.3 is 9.47 Å². The Morgan fingerprint density at radius 1 is 1.25 bits per heavy atom. The van der Waals surface area contributed by atoms with Crippen molar-refractivity contribution in [3.63, 3.8) is 0 Å². The van der Waals surface area contributed by atoms with Crippen molar-refractivity contribution in [3.05, 3.63) is 12.7 Å². The zero-order valence-electron chi connectivity index (χ0n) is 9.20. The Bertz CT molecular complexity index is 387. The molecule has 0 radical (unpaired) electrons. The van der Waals surface area contributed by atoms with Crippen molar-refractivity contribution in [3.8, 4) is 23.7 Å². The van der Waals surface area contributed by atoms with Crippen molar-refractivity contribution in [2.75, 3.05) is 6.61 Å². The molecule has 0 aromatic rings. The summed E-state index contributed by atoms with van der Waals surface area (Å²) in [5.74, 6) is 7.80. The first-order valence-corrected chi connectivity index (χ1v) is 4.49. The highest BCUT2D eigenvalue weighted by Crippen LogP contribution is 1.95. The van der Waals surface area contributed by atoms with Crippen LogP contribution in [0, 0.1) is 23.7 Å². The lowest BCUT2D eigenvalue weighted by Crippen LogP contribution is -2.22. The summed E-state index contributed by atoms with van der Waals surface area (Å²) in [7, 11) is 0. The molecular formula is C12H12O4. The summed E-state index contributed by atoms with van der Waals surface area (Å²) in [4.78, 5) is 21.8. The zero-order chi connectivity index (χ0) is 12.4. The van der Waals surface area contributed by atoms with Crippen LogP contribution in [0.1, 0.15) is 13.8 Å². The highest BCUT2D eigenvalue weighted by atomic mass is 16.6. The highest BCUT2D eigenvalue weighted by molar-refractivity contribution is 5.89. The van der Waals surface area contributed by atoms with Crippen LogP contribution in [0.2, 0.25) is 0 Å². The maximum Gasteiger partial charge on any atom is 0.385 e. The Hall–Kier alpha value is -2.20. The second-order valence-corrected chi connectivity index (χ2v) is 2.53. The molecule has 0 aromatic heterocycles. The summed E-state index contributed by atoms with van der Waals surface area (Å²) >= 11 is 0. The van der Waals surface area contributed by atoms with Gasteiger partial charge in [0.25, 0.3) is 0 Å². The third kappa shape index (κ3) is 6.28. The van der Waals surface area contributed by atoms with Crippen LogP contribution in [-0.2, 0) is 19.1 Å². The molecule has 1 unspecified atom stereocenters. The molecule has 0 saturated heterocycles. The first kappa shape index (κ1) is 13.8. The van der Waals surface area contributed by atoms with Crippen molar-refractivity contribution >= 4 is 11.9 Å². The maximum absolute atomic E-state index is 11.0. The molecule has 0 aliphatic rings. The third-order valence-electron chi connectivity index (χ3n) is 1.35. The van der Waals surface area contributed by atoms with E-state index in [4.69, 9.17) is 9.47 Å². The molecule has 0 fully saturated rings. The smallest absolute Gasteiger partial charge is 0.385 e. The Labute approximate surface area is 94.6 Å². The van der Waals surface area contributed by atoms with Gasteiger partial charge in [-0.3, -0.25) is 0 Å². The van der Waals surface area contributed by atoms with E-state index in [9.17, 15) is 9.59 Å². The number of carbonyl (C=O) groups is 2. The molecule has 0 N–H and O–H groups in total. The lowest BCUT2D eigenvalue weighted by Gasteiger charge is -2.10. The van der Waals surface area contributed by atoms with E-state index in [0.717, 1.165) is 0 Å². The minimum Gasteiger partial charge on any atom is -0.452 e. The second-order valence-electron chi connectivity index (χ2n) is 2.53. The van der Waals surface area contributed by atoms with E-state index in [-0.39, 0.29) is 6.61 Å². The van der Waals surface area contributed by atoms with Crippen LogP contribution < -0.4 is 0 Å². The van der Waals surface area contributed by atoms with Crippen LogP contribution in [0.25, 0.3) is 0 Å². The van der Waals surface area contributed by atoms with Crippen LogP contribution in [0.4, 0.5) is 0 Å². The second kappa shape index (κ2) is 8.14. The monoisotopic (exact) mass is 220 g/mol. The fourth-order valence-electron chi connectivity index (χ4n) is 0.715. The molecular weight excluding hydrogens is 208 g/mol. The Kier molecular flexibility index (Phi) is 7.02. The van der Waals surface area contributed by atoms with E-state index in [0.29, 0.717) is 0 Å². The molecule has 0 rings (SSSR count). The maximum atomic E-state index is 11.0. The van der Waals surface area contributed by atoms with Crippen molar-refractivity contribution in [2.24, 2.45) is 0 Å². The zero-order valence-corrected chi connectivity index (χ0v) is 9.20. The number of hydrogen-bond acceptors (Lipinski definition) is 4. The van der Waals surface area contributed by atoms with E-state index in [1.54, 1.807) is 0 Å². The minimum absolute atomic E-state index is 0.117. The van der Waals surface area contributed by atoms with E-state index in [2.05, 4.69) is 30.3 Å². The number of esters is 2. The molecule has 0 aromatic carbocycles. The topological polar surface area (TPSA) is 52.6 Å². The van der Waals surface area contributed by atoms with Crippen LogP contribution in [0.15, 0.2) is 12.7 Å². The summed E-state index contributed by atoms with van der Waals surface area (Å²) in [6, 6.07) is 0. The first-order valence-electron chi connectivity index (χ1n) is 4.49. The van der Waals surface area contributed by atoms with Crippen LogP contribution in [0.5, 0.6) is 0 Å². The minimum atomic E-state index is -0.712. The molecule has 0 aliphatic heterocycles. The van der Waals surface area contributed by atoms with Crippen molar-refractivity contribution < 1.29 is 19.1 Å². The Morgan fingerprint density at radius 3 is 2.31 bits per heavy atom. The van der Waals surface area contributed by atoms with Crippen molar-refractivity contribution in [1.29, 1.82) is 0 Å². The molecule has 1 atom stereocenters. The van der Waals surface area contributed by atoms with Gasteiger partial charge in [-0.1, -0.05) is 18.4 Å². The molecule has 4 heteroatoms. The number of hydrogen-bond donors (Lipinski definition) is 0. The summed E-state index contributed by atoms with van der Waals surface area (Å²) in [6.07, 6.45) is 0.637. The molecule has 0 aliphatic carbocycles. The van der Waals surface area contributed by atoms with Crippen LogP contribution in [-0.4, -0.2) is 24.6 Å². The van der Waals surface area contributed by atoms with Crippen LogP contribution >= 0.6 is 0 Å². The van der Waals surface area contributed by atoms with Crippen molar-refractivity contribution in [2.45, 2.75) is 20.0 Å². The predicted octanol–water partition coefficient (Wildman–Crippen LogP) is 0.674. The molecule has 0 bridgehead atoms. The van der Waals surface area contributed by atoms with E-state index in [1.165, 1.54) is 19.9 Å². The average molecular weight is 220 g/mol. The Balaban J connectivity index is 4.13. The van der Waals surface area contributed by atoms with Gasteiger partial charge in [0.1, 0.15) is 6.61 Å². The third-order valence-corrected chi connectivity index (χ3v) is 1.35. The molecule has 4 nitrogen and oxygen atoms in total. The molecule has 0 saturated carbocycles. The van der Waals surface area contributed by atoms with Gasteiger partial charge in [0, 0.05) is 11.8 Å². The van der Waals surface area contributed by atoms with Gasteiger partial charge in [-0.05, 0) is 19.9 Å². The summed E-state index contributed by atoms with van der Waals surface area (Å²) < 4.78 is 9.52. The van der Waals surface area contributed by atoms with E-state index < -0.39 is 18.0 Å². The highest BCUT2D eigenvalue weighted by Gasteiger charge is 2.11. The molecule has 84 valence electrons. The molecule has 0 heterocycles. The summed E-state index contributed by atoms with van der Waals surface area (Å²) in [5, 5.41) is 0. The molecule has 0 amide bonds. The lowest BCUT2D eigenvalue weighted by molar-refractivity contribution is -0.148. The number of carbonyl (C=O) groups excluding carboxylic acids is 2. The lowest BCUT2D eigenvalue weighted by atomic mass is 10.4. The van der Waals surface area contributed by atoms with Crippen molar-refractivity contribution in [1.82, 2.24) is 0 Å². The van der Waals surface area contributed by atoms with Gasteiger partial charge in [-0.15, -0.1) is 0 Å². The fraction of sp³-hybridized carbons (Fsp3) is 0.333. The van der Waals surface area contributed by atoms with Gasteiger partial charge in [0.15, 0.2) is 6.10 Å². The van der Waals surface area contributed by atoms with Gasteiger partial charge in [0.05, 0.1) is 0 Å². The van der Waals surface area contributed by atoms with E-state index >= 15 is 0 Å². The fourth-order valence-corrected chi connectivity index (χ4v) is 0.715. The van der Waals surface area contributed by atoms with Gasteiger partial charge in [-0.2, -0.15) is 0 Å². The predicted molar refractivity (Wildman–Crippen MR) is 57.9 cm³/mol. The van der Waals surface area contributed by atoms with Gasteiger partial charge >= 0.3 is 11.9 Å². The summed E-state index contributed by atoms with van der Waals surface area (Å²) in [6.45, 7) is 6.36. The summed E-state index contributed by atoms with van der Waals surface area (Å²) in [5.41, 5.74) is 0.